The van der Waals surface area contributed by atoms with E-state index in [1.54, 1.807) is 14.2 Å². The van der Waals surface area contributed by atoms with Crippen LogP contribution in [-0.4, -0.2) is 20.8 Å². The molecule has 2 aromatic carbocycles. The summed E-state index contributed by atoms with van der Waals surface area (Å²) in [6, 6.07) is 12.9. The molecule has 0 aliphatic carbocycles. The minimum atomic E-state index is -0.199. The minimum absolute atomic E-state index is 0.199. The van der Waals surface area contributed by atoms with Gasteiger partial charge in [0.05, 0.1) is 14.2 Å². The molecule has 1 heterocycles. The molecule has 0 bridgehead atoms. The van der Waals surface area contributed by atoms with Gasteiger partial charge in [-0.1, -0.05) is 18.2 Å². The molecule has 0 radical (unpaired) electrons. The normalized spacial score (nSPS) is 20.9. The van der Waals surface area contributed by atoms with Gasteiger partial charge < -0.3 is 14.8 Å². The van der Waals surface area contributed by atoms with Crippen LogP contribution in [0.1, 0.15) is 29.5 Å². The Morgan fingerprint density at radius 2 is 1.82 bits per heavy atom. The van der Waals surface area contributed by atoms with Crippen molar-refractivity contribution in [2.24, 2.45) is 0 Å². The van der Waals surface area contributed by atoms with E-state index in [2.05, 4.69) is 11.4 Å². The van der Waals surface area contributed by atoms with E-state index in [1.165, 1.54) is 17.7 Å². The Morgan fingerprint density at radius 1 is 1.05 bits per heavy atom. The third kappa shape index (κ3) is 2.92. The van der Waals surface area contributed by atoms with Gasteiger partial charge in [0, 0.05) is 24.6 Å². The number of benzene rings is 2. The van der Waals surface area contributed by atoms with Crippen LogP contribution < -0.4 is 14.8 Å². The number of nitrogens with one attached hydrogen (secondary N) is 1. The molecule has 0 spiro atoms. The van der Waals surface area contributed by atoms with Crippen molar-refractivity contribution in [2.75, 3.05) is 20.8 Å². The van der Waals surface area contributed by atoms with Gasteiger partial charge in [0.2, 0.25) is 0 Å². The highest BCUT2D eigenvalue weighted by Crippen LogP contribution is 2.39. The average molecular weight is 301 g/mol. The largest absolute Gasteiger partial charge is 0.497 e. The summed E-state index contributed by atoms with van der Waals surface area (Å²) in [4.78, 5) is 0. The quantitative estimate of drug-likeness (QED) is 0.935. The van der Waals surface area contributed by atoms with Gasteiger partial charge in [-0.2, -0.15) is 0 Å². The molecule has 1 fully saturated rings. The highest BCUT2D eigenvalue weighted by Gasteiger charge is 2.28. The Kier molecular flexibility index (Phi) is 4.29. The molecule has 1 saturated heterocycles. The van der Waals surface area contributed by atoms with Crippen molar-refractivity contribution in [3.63, 3.8) is 0 Å². The molecular formula is C18H20FNO2. The van der Waals surface area contributed by atoms with Crippen LogP contribution in [0.2, 0.25) is 0 Å². The van der Waals surface area contributed by atoms with Crippen molar-refractivity contribution in [1.82, 2.24) is 5.32 Å². The lowest BCUT2D eigenvalue weighted by atomic mass is 9.93. The van der Waals surface area contributed by atoms with Gasteiger partial charge in [-0.15, -0.1) is 0 Å². The number of methoxy groups -OCH3 is 2. The molecule has 1 unspecified atom stereocenters. The maximum Gasteiger partial charge on any atom is 0.126 e. The Bertz CT molecular complexity index is 642. The van der Waals surface area contributed by atoms with Crippen LogP contribution in [0.5, 0.6) is 11.5 Å². The molecule has 3 rings (SSSR count). The number of rotatable bonds is 4. The molecular weight excluding hydrogens is 281 g/mol. The van der Waals surface area contributed by atoms with E-state index >= 15 is 0 Å². The third-order valence-electron chi connectivity index (χ3n) is 4.28. The molecule has 0 aromatic heterocycles. The van der Waals surface area contributed by atoms with Crippen LogP contribution >= 0.6 is 0 Å². The lowest BCUT2D eigenvalue weighted by Gasteiger charge is -2.15. The summed E-state index contributed by atoms with van der Waals surface area (Å²) in [5.41, 5.74) is 2.30. The highest BCUT2D eigenvalue weighted by molar-refractivity contribution is 5.43. The second kappa shape index (κ2) is 6.36. The maximum atomic E-state index is 13.0. The van der Waals surface area contributed by atoms with Gasteiger partial charge in [0.25, 0.3) is 0 Å². The van der Waals surface area contributed by atoms with Crippen molar-refractivity contribution < 1.29 is 13.9 Å². The molecule has 2 aromatic rings. The summed E-state index contributed by atoms with van der Waals surface area (Å²) in [6.07, 6.45) is 0.967. The lowest BCUT2D eigenvalue weighted by Crippen LogP contribution is -2.13. The monoisotopic (exact) mass is 301 g/mol. The Hall–Kier alpha value is -2.07. The van der Waals surface area contributed by atoms with E-state index in [1.807, 2.05) is 24.3 Å². The van der Waals surface area contributed by atoms with Gasteiger partial charge >= 0.3 is 0 Å². The van der Waals surface area contributed by atoms with Gasteiger partial charge in [0.15, 0.2) is 0 Å². The fraction of sp³-hybridized carbons (Fsp3) is 0.333. The summed E-state index contributed by atoms with van der Waals surface area (Å²) >= 11 is 0. The van der Waals surface area contributed by atoms with E-state index in [0.29, 0.717) is 5.92 Å². The fourth-order valence-electron chi connectivity index (χ4n) is 3.08. The zero-order valence-corrected chi connectivity index (χ0v) is 12.8. The second-order valence-electron chi connectivity index (χ2n) is 5.55. The minimum Gasteiger partial charge on any atom is -0.497 e. The van der Waals surface area contributed by atoms with Crippen molar-refractivity contribution in [3.05, 3.63) is 59.4 Å². The van der Waals surface area contributed by atoms with Crippen LogP contribution in [0, 0.1) is 5.82 Å². The summed E-state index contributed by atoms with van der Waals surface area (Å²) in [5.74, 6) is 1.82. The number of hydrogen-bond donors (Lipinski definition) is 1. The van der Waals surface area contributed by atoms with Crippen LogP contribution in [0.3, 0.4) is 0 Å². The van der Waals surface area contributed by atoms with Crippen LogP contribution in [0.25, 0.3) is 0 Å². The molecule has 2 atom stereocenters. The lowest BCUT2D eigenvalue weighted by molar-refractivity contribution is 0.388. The number of halogens is 1. The number of hydrogen-bond acceptors (Lipinski definition) is 3. The Balaban J connectivity index is 1.79. The van der Waals surface area contributed by atoms with Crippen molar-refractivity contribution >= 4 is 0 Å². The summed E-state index contributed by atoms with van der Waals surface area (Å²) in [5, 5.41) is 3.51. The van der Waals surface area contributed by atoms with E-state index in [9.17, 15) is 4.39 Å². The first kappa shape index (κ1) is 14.9. The van der Waals surface area contributed by atoms with Gasteiger partial charge in [-0.05, 0) is 35.7 Å². The first-order chi connectivity index (χ1) is 10.7. The standard InChI is InChI=1S/C18H20FNO2/c1-21-15-7-8-16(18(10-15)22-2)13-9-17(20-11-13)12-3-5-14(19)6-4-12/h3-8,10,13,17,20H,9,11H2,1-2H3/t13-,17?/m1/s1. The third-order valence-corrected chi connectivity index (χ3v) is 4.28. The molecule has 116 valence electrons. The smallest absolute Gasteiger partial charge is 0.126 e. The summed E-state index contributed by atoms with van der Waals surface area (Å²) in [6.45, 7) is 0.880. The number of ether oxygens (including phenoxy) is 2. The highest BCUT2D eigenvalue weighted by atomic mass is 19.1. The van der Waals surface area contributed by atoms with E-state index in [0.717, 1.165) is 30.0 Å². The first-order valence-corrected chi connectivity index (χ1v) is 7.42. The predicted molar refractivity (Wildman–Crippen MR) is 84.0 cm³/mol. The van der Waals surface area contributed by atoms with Crippen LogP contribution in [-0.2, 0) is 0 Å². The van der Waals surface area contributed by atoms with E-state index < -0.39 is 0 Å². The summed E-state index contributed by atoms with van der Waals surface area (Å²) in [7, 11) is 3.33. The zero-order chi connectivity index (χ0) is 15.5. The van der Waals surface area contributed by atoms with Crippen molar-refractivity contribution in [3.8, 4) is 11.5 Å². The molecule has 1 aliphatic rings. The first-order valence-electron chi connectivity index (χ1n) is 7.42. The predicted octanol–water partition coefficient (Wildman–Crippen LogP) is 3.66. The fourth-order valence-corrected chi connectivity index (χ4v) is 3.08. The van der Waals surface area contributed by atoms with E-state index in [-0.39, 0.29) is 11.9 Å². The molecule has 0 saturated carbocycles. The Morgan fingerprint density at radius 3 is 2.50 bits per heavy atom. The van der Waals surface area contributed by atoms with E-state index in [4.69, 9.17) is 9.47 Å². The molecule has 1 N–H and O–H groups in total. The SMILES string of the molecule is COc1ccc([C@H]2CNC(c3ccc(F)cc3)C2)c(OC)c1. The van der Waals surface area contributed by atoms with Crippen LogP contribution in [0.4, 0.5) is 4.39 Å². The van der Waals surface area contributed by atoms with Gasteiger partial charge in [0.1, 0.15) is 17.3 Å². The molecule has 4 heteroatoms. The Labute approximate surface area is 130 Å². The molecule has 3 nitrogen and oxygen atoms in total. The van der Waals surface area contributed by atoms with Crippen LogP contribution in [0.15, 0.2) is 42.5 Å². The molecule has 0 amide bonds. The van der Waals surface area contributed by atoms with Gasteiger partial charge in [-0.3, -0.25) is 0 Å². The topological polar surface area (TPSA) is 30.5 Å². The average Bonchev–Trinajstić information content (AvgIpc) is 3.04. The van der Waals surface area contributed by atoms with Crippen molar-refractivity contribution in [1.29, 1.82) is 0 Å². The second-order valence-corrected chi connectivity index (χ2v) is 5.55. The summed E-state index contributed by atoms with van der Waals surface area (Å²) < 4.78 is 23.8. The van der Waals surface area contributed by atoms with Crippen molar-refractivity contribution in [2.45, 2.75) is 18.4 Å². The zero-order valence-electron chi connectivity index (χ0n) is 12.8. The van der Waals surface area contributed by atoms with Gasteiger partial charge in [-0.25, -0.2) is 4.39 Å². The molecule has 1 aliphatic heterocycles. The maximum absolute atomic E-state index is 13.0. The molecule has 22 heavy (non-hydrogen) atoms.